The van der Waals surface area contributed by atoms with Crippen LogP contribution in [0.25, 0.3) is 22.2 Å². The highest BCUT2D eigenvalue weighted by molar-refractivity contribution is 6.32. The number of hydrogen-bond donors (Lipinski definition) is 2. The number of aromatic nitrogens is 3. The van der Waals surface area contributed by atoms with Crippen LogP contribution in [-0.2, 0) is 6.18 Å². The molecule has 2 aromatic heterocycles. The number of nitrogens with two attached hydrogens (primary N) is 1. The fourth-order valence-corrected chi connectivity index (χ4v) is 8.10. The van der Waals surface area contributed by atoms with Crippen LogP contribution in [0.15, 0.2) is 12.1 Å². The van der Waals surface area contributed by atoms with Crippen molar-refractivity contribution in [1.29, 1.82) is 0 Å². The van der Waals surface area contributed by atoms with E-state index in [0.29, 0.717) is 38.3 Å². The lowest BCUT2D eigenvalue weighted by Gasteiger charge is -2.38. The third kappa shape index (κ3) is 5.35. The van der Waals surface area contributed by atoms with Gasteiger partial charge in [-0.3, -0.25) is 4.90 Å². The third-order valence-corrected chi connectivity index (χ3v) is 10.1. The van der Waals surface area contributed by atoms with E-state index in [9.17, 15) is 17.6 Å². The van der Waals surface area contributed by atoms with E-state index < -0.39 is 45.5 Å². The second-order valence-electron chi connectivity index (χ2n) is 12.7. The zero-order valence-corrected chi connectivity index (χ0v) is 26.0. The number of benzene rings is 1. The van der Waals surface area contributed by atoms with Gasteiger partial charge in [0.25, 0.3) is 0 Å². The maximum Gasteiger partial charge on any atom is 0.418 e. The maximum absolute atomic E-state index is 16.8. The molecule has 1 aromatic carbocycles. The molecule has 4 aliphatic rings. The van der Waals surface area contributed by atoms with Gasteiger partial charge in [-0.25, -0.2) is 13.8 Å². The zero-order valence-electron chi connectivity index (χ0n) is 25.3. The van der Waals surface area contributed by atoms with Gasteiger partial charge in [0.2, 0.25) is 5.88 Å². The van der Waals surface area contributed by atoms with E-state index in [1.165, 1.54) is 0 Å². The van der Waals surface area contributed by atoms with Gasteiger partial charge in [-0.1, -0.05) is 18.0 Å². The molecule has 0 bridgehead atoms. The predicted octanol–water partition coefficient (Wildman–Crippen LogP) is 5.77. The fourth-order valence-electron chi connectivity index (χ4n) is 7.77. The molecule has 7 rings (SSSR count). The van der Waals surface area contributed by atoms with Crippen molar-refractivity contribution in [2.24, 2.45) is 0 Å². The number of likely N-dealkylation sites (N-methyl/N-ethyl adjacent to an activating group) is 1. The number of halogens is 6. The standard InChI is InChI=1S/C31H35ClF5N7O2/c1-39-8-10-44-20-5-2-3-6-21(20)46-28-22-26(24(34)25(40-28)18-11-17(38)12-19(32)23(18)31(35,36)37)41-29(42-27(22)44)45-15-30-7-4-9-43(30)14-16(33)13-30/h11-12,16,20-21,39H,2-10,13-15,38H2,1H3/t16-,20+,21+,30+/m1/s1. The minimum absolute atomic E-state index is 0.0693. The Labute approximate surface area is 267 Å². The van der Waals surface area contributed by atoms with Crippen LogP contribution in [-0.4, -0.2) is 83.5 Å². The molecule has 3 aliphatic heterocycles. The highest BCUT2D eigenvalue weighted by Gasteiger charge is 2.49. The molecule has 1 aliphatic carbocycles. The van der Waals surface area contributed by atoms with Gasteiger partial charge < -0.3 is 25.4 Å². The summed E-state index contributed by atoms with van der Waals surface area (Å²) in [6, 6.07) is 1.65. The summed E-state index contributed by atoms with van der Waals surface area (Å²) in [5, 5.41) is 2.61. The van der Waals surface area contributed by atoms with Crippen LogP contribution < -0.4 is 25.4 Å². The number of alkyl halides is 4. The number of nitrogens with zero attached hydrogens (tertiary/aromatic N) is 5. The number of rotatable bonds is 7. The van der Waals surface area contributed by atoms with Gasteiger partial charge in [0.15, 0.2) is 5.82 Å². The summed E-state index contributed by atoms with van der Waals surface area (Å²) in [6.45, 7) is 2.22. The molecule has 248 valence electrons. The maximum atomic E-state index is 16.8. The molecular weight excluding hydrogens is 633 g/mol. The second kappa shape index (κ2) is 11.8. The highest BCUT2D eigenvalue weighted by Crippen LogP contribution is 2.48. The van der Waals surface area contributed by atoms with E-state index in [1.807, 2.05) is 11.9 Å². The average molecular weight is 668 g/mol. The van der Waals surface area contributed by atoms with Crippen LogP contribution in [0.4, 0.5) is 33.5 Å². The summed E-state index contributed by atoms with van der Waals surface area (Å²) < 4.78 is 86.9. The van der Waals surface area contributed by atoms with Crippen molar-refractivity contribution in [3.05, 3.63) is 28.5 Å². The average Bonchev–Trinajstić information content (AvgIpc) is 3.48. The molecule has 0 unspecified atom stereocenters. The lowest BCUT2D eigenvalue weighted by Crippen LogP contribution is -2.49. The zero-order chi connectivity index (χ0) is 32.4. The monoisotopic (exact) mass is 667 g/mol. The van der Waals surface area contributed by atoms with Gasteiger partial charge in [0.1, 0.15) is 41.3 Å². The Hall–Kier alpha value is -3.23. The molecule has 0 spiro atoms. The molecule has 1 saturated carbocycles. The number of fused-ring (bicyclic) bond motifs is 2. The summed E-state index contributed by atoms with van der Waals surface area (Å²) in [6.07, 6.45) is -1.11. The molecule has 0 amide bonds. The minimum atomic E-state index is -4.94. The first-order valence-corrected chi connectivity index (χ1v) is 16.0. The molecule has 3 N–H and O–H groups in total. The second-order valence-corrected chi connectivity index (χ2v) is 13.1. The number of nitrogen functional groups attached to an aromatic ring is 1. The topological polar surface area (TPSA) is 102 Å². The Morgan fingerprint density at radius 3 is 2.76 bits per heavy atom. The Balaban J connectivity index is 1.43. The Kier molecular flexibility index (Phi) is 8.03. The number of ether oxygens (including phenoxy) is 2. The predicted molar refractivity (Wildman–Crippen MR) is 164 cm³/mol. The molecule has 15 heteroatoms. The molecular formula is C31H35ClF5N7O2. The van der Waals surface area contributed by atoms with E-state index in [2.05, 4.69) is 20.2 Å². The first-order chi connectivity index (χ1) is 22.0. The van der Waals surface area contributed by atoms with E-state index in [0.717, 1.165) is 50.8 Å². The van der Waals surface area contributed by atoms with E-state index >= 15 is 4.39 Å². The minimum Gasteiger partial charge on any atom is -0.472 e. The molecule has 0 radical (unpaired) electrons. The molecule has 9 nitrogen and oxygen atoms in total. The first kappa shape index (κ1) is 31.4. The van der Waals surface area contributed by atoms with Gasteiger partial charge in [-0.2, -0.15) is 23.1 Å². The SMILES string of the molecule is CNCCN1c2nc(OC[C@@]34CCCN3C[C@H](F)C4)nc3c(F)c(-c4cc(N)cc(Cl)c4C(F)(F)F)nc(c23)O[C@H]2CCCC[C@@H]21. The third-order valence-electron chi connectivity index (χ3n) is 9.80. The quantitative estimate of drug-likeness (QED) is 0.240. The Bertz CT molecular complexity index is 1660. The van der Waals surface area contributed by atoms with Crippen LogP contribution in [0.5, 0.6) is 11.9 Å². The highest BCUT2D eigenvalue weighted by atomic mass is 35.5. The summed E-state index contributed by atoms with van der Waals surface area (Å²) in [7, 11) is 1.82. The van der Waals surface area contributed by atoms with Crippen molar-refractivity contribution in [3.63, 3.8) is 0 Å². The Morgan fingerprint density at radius 1 is 1.17 bits per heavy atom. The van der Waals surface area contributed by atoms with E-state index in [-0.39, 0.29) is 47.2 Å². The number of anilines is 2. The smallest absolute Gasteiger partial charge is 0.418 e. The van der Waals surface area contributed by atoms with Gasteiger partial charge in [-0.15, -0.1) is 0 Å². The number of pyridine rings is 1. The van der Waals surface area contributed by atoms with Crippen molar-refractivity contribution in [1.82, 2.24) is 25.2 Å². The van der Waals surface area contributed by atoms with E-state index in [1.54, 1.807) is 0 Å². The van der Waals surface area contributed by atoms with Gasteiger partial charge >= 0.3 is 12.2 Å². The van der Waals surface area contributed by atoms with E-state index in [4.69, 9.17) is 31.8 Å². The van der Waals surface area contributed by atoms with Crippen LogP contribution in [0.1, 0.15) is 50.5 Å². The molecule has 2 saturated heterocycles. The molecule has 3 aromatic rings. The normalized spacial score (nSPS) is 26.2. The molecule has 4 atom stereocenters. The summed E-state index contributed by atoms with van der Waals surface area (Å²) in [4.78, 5) is 17.7. The van der Waals surface area contributed by atoms with Crippen LogP contribution >= 0.6 is 11.6 Å². The molecule has 5 heterocycles. The summed E-state index contributed by atoms with van der Waals surface area (Å²) >= 11 is 6.05. The van der Waals surface area contributed by atoms with Crippen molar-refractivity contribution in [2.75, 3.05) is 50.5 Å². The van der Waals surface area contributed by atoms with Crippen LogP contribution in [0.3, 0.4) is 0 Å². The van der Waals surface area contributed by atoms with Crippen molar-refractivity contribution in [3.8, 4) is 23.1 Å². The van der Waals surface area contributed by atoms with Crippen molar-refractivity contribution in [2.45, 2.75) is 75.0 Å². The van der Waals surface area contributed by atoms with Crippen LogP contribution in [0.2, 0.25) is 5.02 Å². The van der Waals surface area contributed by atoms with Gasteiger partial charge in [0, 0.05) is 37.3 Å². The lowest BCUT2D eigenvalue weighted by atomic mass is 9.91. The van der Waals surface area contributed by atoms with Gasteiger partial charge in [0.05, 0.1) is 22.2 Å². The van der Waals surface area contributed by atoms with Gasteiger partial charge in [-0.05, 0) is 57.8 Å². The number of nitrogens with one attached hydrogen (secondary N) is 1. The summed E-state index contributed by atoms with van der Waals surface area (Å²) in [5.74, 6) is -0.860. The number of hydrogen-bond acceptors (Lipinski definition) is 9. The fraction of sp³-hybridized carbons (Fsp3) is 0.581. The Morgan fingerprint density at radius 2 is 1.98 bits per heavy atom. The molecule has 3 fully saturated rings. The first-order valence-electron chi connectivity index (χ1n) is 15.7. The largest absolute Gasteiger partial charge is 0.472 e. The van der Waals surface area contributed by atoms with Crippen LogP contribution in [0, 0.1) is 5.82 Å². The van der Waals surface area contributed by atoms with Crippen molar-refractivity contribution < 1.29 is 31.4 Å². The lowest BCUT2D eigenvalue weighted by molar-refractivity contribution is -0.137. The molecule has 46 heavy (non-hydrogen) atoms. The van der Waals surface area contributed by atoms with Crippen molar-refractivity contribution >= 4 is 34.0 Å². The summed E-state index contributed by atoms with van der Waals surface area (Å²) in [5.41, 5.74) is 2.45.